The van der Waals surface area contributed by atoms with Gasteiger partial charge in [0.1, 0.15) is 6.54 Å². The smallest absolute Gasteiger partial charge is 0.357 e. The number of carbonyl (C=O) groups excluding carboxylic acids is 1. The van der Waals surface area contributed by atoms with E-state index in [1.165, 1.54) is 23.9 Å². The highest BCUT2D eigenvalue weighted by atomic mass is 35.5. The van der Waals surface area contributed by atoms with Crippen LogP contribution in [0.3, 0.4) is 0 Å². The van der Waals surface area contributed by atoms with Crippen LogP contribution in [0, 0.1) is 0 Å². The van der Waals surface area contributed by atoms with E-state index in [-0.39, 0.29) is 16.5 Å². The lowest BCUT2D eigenvalue weighted by Crippen LogP contribution is -2.31. The van der Waals surface area contributed by atoms with Crippen molar-refractivity contribution in [3.05, 3.63) is 93.9 Å². The van der Waals surface area contributed by atoms with E-state index in [2.05, 4.69) is 10.4 Å². The van der Waals surface area contributed by atoms with Crippen LogP contribution < -0.4 is 10.9 Å². The number of hydrogen-bond acceptors (Lipinski definition) is 5. The zero-order chi connectivity index (χ0) is 22.7. The van der Waals surface area contributed by atoms with Gasteiger partial charge < -0.3 is 10.4 Å². The van der Waals surface area contributed by atoms with Crippen LogP contribution in [0.1, 0.15) is 10.5 Å². The number of amides is 1. The Hall–Kier alpha value is -3.62. The monoisotopic (exact) mass is 465 g/mol. The quantitative estimate of drug-likeness (QED) is 0.433. The van der Waals surface area contributed by atoms with Crippen molar-refractivity contribution in [2.24, 2.45) is 0 Å². The van der Waals surface area contributed by atoms with Crippen LogP contribution in [0.4, 0.5) is 5.69 Å². The fourth-order valence-corrected chi connectivity index (χ4v) is 4.14. The average molecular weight is 466 g/mol. The third kappa shape index (κ3) is 4.66. The molecule has 0 spiro atoms. The predicted molar refractivity (Wildman–Crippen MR) is 124 cm³/mol. The molecule has 32 heavy (non-hydrogen) atoms. The lowest BCUT2D eigenvalue weighted by Gasteiger charge is -2.12. The molecule has 2 N–H and O–H groups in total. The van der Waals surface area contributed by atoms with Gasteiger partial charge in [0.25, 0.3) is 5.56 Å². The molecule has 0 unspecified atom stereocenters. The van der Waals surface area contributed by atoms with E-state index in [0.717, 1.165) is 14.5 Å². The van der Waals surface area contributed by atoms with Gasteiger partial charge >= 0.3 is 5.97 Å². The molecule has 0 fully saturated rings. The lowest BCUT2D eigenvalue weighted by atomic mass is 10.1. The number of halogens is 1. The van der Waals surface area contributed by atoms with Gasteiger partial charge in [0.2, 0.25) is 5.91 Å². The van der Waals surface area contributed by atoms with Crippen molar-refractivity contribution in [2.75, 3.05) is 5.32 Å². The summed E-state index contributed by atoms with van der Waals surface area (Å²) in [4.78, 5) is 38.8. The Morgan fingerprint density at radius 1 is 0.969 bits per heavy atom. The molecular formula is C23H16ClN3O4S. The van der Waals surface area contributed by atoms with Gasteiger partial charge in [-0.15, -0.1) is 0 Å². The summed E-state index contributed by atoms with van der Waals surface area (Å²) in [6.07, 6.45) is 0. The topological polar surface area (TPSA) is 101 Å². The van der Waals surface area contributed by atoms with Crippen LogP contribution in [-0.4, -0.2) is 26.8 Å². The number of para-hydroxylation sites is 1. The van der Waals surface area contributed by atoms with Gasteiger partial charge in [0.05, 0.1) is 11.1 Å². The number of nitrogens with zero attached hydrogens (tertiary/aromatic N) is 2. The second-order valence-electron chi connectivity index (χ2n) is 6.76. The minimum Gasteiger partial charge on any atom is -0.476 e. The van der Waals surface area contributed by atoms with Crippen LogP contribution >= 0.6 is 23.4 Å². The van der Waals surface area contributed by atoms with E-state index in [4.69, 9.17) is 11.6 Å². The number of carboxylic acids is 1. The largest absolute Gasteiger partial charge is 0.476 e. The maximum absolute atomic E-state index is 12.7. The van der Waals surface area contributed by atoms with E-state index in [9.17, 15) is 19.5 Å². The number of rotatable bonds is 6. The number of carbonyl (C=O) groups is 2. The standard InChI is InChI=1S/C23H16ClN3O4S/c24-14-9-11-15(12-10-14)32-19-8-4-3-7-18(19)25-20(28)13-27-22(29)17-6-2-1-5-16(17)21(26-27)23(30)31/h1-12H,13H2,(H,25,28)(H,30,31). The minimum atomic E-state index is -1.28. The Kier molecular flexibility index (Phi) is 6.25. The summed E-state index contributed by atoms with van der Waals surface area (Å²) in [5, 5.41) is 17.2. The highest BCUT2D eigenvalue weighted by Crippen LogP contribution is 2.33. The van der Waals surface area contributed by atoms with Crippen LogP contribution in [0.25, 0.3) is 10.8 Å². The average Bonchev–Trinajstić information content (AvgIpc) is 2.78. The van der Waals surface area contributed by atoms with Gasteiger partial charge in [-0.2, -0.15) is 5.10 Å². The van der Waals surface area contributed by atoms with Gasteiger partial charge in [-0.25, -0.2) is 9.48 Å². The normalized spacial score (nSPS) is 10.8. The molecule has 0 aliphatic carbocycles. The molecule has 0 aliphatic heterocycles. The van der Waals surface area contributed by atoms with Crippen LogP contribution in [0.2, 0.25) is 5.02 Å². The second-order valence-corrected chi connectivity index (χ2v) is 8.31. The van der Waals surface area contributed by atoms with Crippen molar-refractivity contribution in [3.8, 4) is 0 Å². The SMILES string of the molecule is O=C(Cn1nc(C(=O)O)c2ccccc2c1=O)Nc1ccccc1Sc1ccc(Cl)cc1. The molecule has 0 aliphatic rings. The third-order valence-electron chi connectivity index (χ3n) is 4.57. The first-order valence-corrected chi connectivity index (χ1v) is 10.7. The molecule has 3 aromatic carbocycles. The molecule has 0 bridgehead atoms. The third-order valence-corrected chi connectivity index (χ3v) is 5.90. The molecule has 160 valence electrons. The van der Waals surface area contributed by atoms with Gasteiger partial charge in [0, 0.05) is 20.2 Å². The van der Waals surface area contributed by atoms with Crippen LogP contribution in [0.15, 0.2) is 87.4 Å². The summed E-state index contributed by atoms with van der Waals surface area (Å²) >= 11 is 7.38. The summed E-state index contributed by atoms with van der Waals surface area (Å²) in [6.45, 7) is -0.427. The summed E-state index contributed by atoms with van der Waals surface area (Å²) in [5.74, 6) is -1.78. The van der Waals surface area contributed by atoms with E-state index in [1.54, 1.807) is 36.4 Å². The Labute approximate surface area is 191 Å². The first-order chi connectivity index (χ1) is 15.4. The van der Waals surface area contributed by atoms with Crippen molar-refractivity contribution in [2.45, 2.75) is 16.3 Å². The van der Waals surface area contributed by atoms with Gasteiger partial charge in [-0.1, -0.05) is 53.7 Å². The number of fused-ring (bicyclic) bond motifs is 1. The van der Waals surface area contributed by atoms with E-state index in [0.29, 0.717) is 10.7 Å². The molecule has 0 atom stereocenters. The van der Waals surface area contributed by atoms with E-state index < -0.39 is 24.0 Å². The molecule has 9 heteroatoms. The van der Waals surface area contributed by atoms with Crippen molar-refractivity contribution in [1.82, 2.24) is 9.78 Å². The molecule has 1 amide bonds. The number of aromatic nitrogens is 2. The zero-order valence-electron chi connectivity index (χ0n) is 16.5. The first kappa shape index (κ1) is 21.6. The summed E-state index contributed by atoms with van der Waals surface area (Å²) in [6, 6.07) is 20.8. The molecule has 0 radical (unpaired) electrons. The maximum atomic E-state index is 12.7. The molecule has 4 rings (SSSR count). The Morgan fingerprint density at radius 3 is 2.34 bits per heavy atom. The lowest BCUT2D eigenvalue weighted by molar-refractivity contribution is -0.117. The van der Waals surface area contributed by atoms with Crippen molar-refractivity contribution < 1.29 is 14.7 Å². The van der Waals surface area contributed by atoms with Gasteiger partial charge in [0.15, 0.2) is 5.69 Å². The Balaban J connectivity index is 1.59. The number of hydrogen-bond donors (Lipinski definition) is 2. The predicted octanol–water partition coefficient (Wildman–Crippen LogP) is 4.54. The summed E-state index contributed by atoms with van der Waals surface area (Å²) < 4.78 is 0.871. The van der Waals surface area contributed by atoms with Gasteiger partial charge in [-0.05, 0) is 42.5 Å². The molecule has 0 saturated heterocycles. The number of aromatic carboxylic acids is 1. The number of benzene rings is 3. The van der Waals surface area contributed by atoms with Crippen molar-refractivity contribution >= 4 is 51.7 Å². The van der Waals surface area contributed by atoms with Crippen molar-refractivity contribution in [1.29, 1.82) is 0 Å². The van der Waals surface area contributed by atoms with Crippen molar-refractivity contribution in [3.63, 3.8) is 0 Å². The fourth-order valence-electron chi connectivity index (χ4n) is 3.11. The molecule has 0 saturated carbocycles. The first-order valence-electron chi connectivity index (χ1n) is 9.48. The Morgan fingerprint density at radius 2 is 1.62 bits per heavy atom. The number of anilines is 1. The fraction of sp³-hybridized carbons (Fsp3) is 0.0435. The second kappa shape index (κ2) is 9.25. The zero-order valence-corrected chi connectivity index (χ0v) is 18.1. The Bertz CT molecular complexity index is 1390. The van der Waals surface area contributed by atoms with E-state index >= 15 is 0 Å². The summed E-state index contributed by atoms with van der Waals surface area (Å²) in [7, 11) is 0. The summed E-state index contributed by atoms with van der Waals surface area (Å²) in [5.41, 5.74) is -0.263. The molecular weight excluding hydrogens is 450 g/mol. The highest BCUT2D eigenvalue weighted by Gasteiger charge is 2.17. The molecule has 4 aromatic rings. The maximum Gasteiger partial charge on any atom is 0.357 e. The minimum absolute atomic E-state index is 0.186. The van der Waals surface area contributed by atoms with Gasteiger partial charge in [-0.3, -0.25) is 9.59 Å². The van der Waals surface area contributed by atoms with Crippen LogP contribution in [-0.2, 0) is 11.3 Å². The molecule has 1 heterocycles. The number of nitrogens with one attached hydrogen (secondary N) is 1. The highest BCUT2D eigenvalue weighted by molar-refractivity contribution is 7.99. The molecule has 7 nitrogen and oxygen atoms in total. The van der Waals surface area contributed by atoms with E-state index in [1.807, 2.05) is 24.3 Å². The molecule has 1 aromatic heterocycles. The van der Waals surface area contributed by atoms with Crippen LogP contribution in [0.5, 0.6) is 0 Å². The number of carboxylic acid groups (broad SMARTS) is 1.